The third-order valence-electron chi connectivity index (χ3n) is 10.8. The third-order valence-corrected chi connectivity index (χ3v) is 14.0. The molecule has 4 heterocycles. The van der Waals surface area contributed by atoms with E-state index in [4.69, 9.17) is 4.74 Å². The summed E-state index contributed by atoms with van der Waals surface area (Å²) in [6.45, 7) is 5.05. The number of carbonyl (C=O) groups is 4. The number of ether oxygens (including phenoxy) is 1. The molecule has 2 aliphatic heterocycles. The Morgan fingerprint density at radius 3 is 2.62 bits per heavy atom. The van der Waals surface area contributed by atoms with Gasteiger partial charge in [-0.25, -0.2) is 22.8 Å². The van der Waals surface area contributed by atoms with E-state index < -0.39 is 73.9 Å². The summed E-state index contributed by atoms with van der Waals surface area (Å²) in [4.78, 5) is 67.6. The Morgan fingerprint density at radius 2 is 1.89 bits per heavy atom. The van der Waals surface area contributed by atoms with Crippen molar-refractivity contribution in [2.45, 2.75) is 107 Å². The second-order valence-electron chi connectivity index (χ2n) is 14.9. The summed E-state index contributed by atoms with van der Waals surface area (Å²) in [5.41, 5.74) is -0.800. The summed E-state index contributed by atoms with van der Waals surface area (Å²) in [6, 6.07) is 5.83. The van der Waals surface area contributed by atoms with Gasteiger partial charge in [-0.1, -0.05) is 31.1 Å². The molecule has 1 aromatic carbocycles. The van der Waals surface area contributed by atoms with Gasteiger partial charge in [-0.2, -0.15) is 0 Å². The number of halogens is 1. The molecular formula is C37H43FN6O7S2. The summed E-state index contributed by atoms with van der Waals surface area (Å²) in [7, 11) is -4.00. The number of nitrogens with one attached hydrogen (secondary N) is 3. The maximum absolute atomic E-state index is 14.7. The van der Waals surface area contributed by atoms with Crippen LogP contribution in [0.15, 0.2) is 42.5 Å². The van der Waals surface area contributed by atoms with Crippen LogP contribution in [0.25, 0.3) is 11.0 Å². The van der Waals surface area contributed by atoms with Crippen molar-refractivity contribution in [3.63, 3.8) is 0 Å². The van der Waals surface area contributed by atoms with Crippen molar-refractivity contribution < 1.29 is 36.7 Å². The van der Waals surface area contributed by atoms with E-state index in [9.17, 15) is 32.0 Å². The molecule has 2 aliphatic carbocycles. The summed E-state index contributed by atoms with van der Waals surface area (Å²) in [5.74, 6) is -3.36. The second kappa shape index (κ2) is 14.1. The Morgan fingerprint density at radius 1 is 1.09 bits per heavy atom. The van der Waals surface area contributed by atoms with Gasteiger partial charge in [0, 0.05) is 17.2 Å². The lowest BCUT2D eigenvalue weighted by molar-refractivity contribution is -0.141. The van der Waals surface area contributed by atoms with Crippen LogP contribution in [0.4, 0.5) is 4.39 Å². The summed E-state index contributed by atoms with van der Waals surface area (Å²) >= 11 is 1.31. The van der Waals surface area contributed by atoms with Crippen LogP contribution >= 0.6 is 11.3 Å². The van der Waals surface area contributed by atoms with Crippen molar-refractivity contribution in [1.82, 2.24) is 30.2 Å². The van der Waals surface area contributed by atoms with Gasteiger partial charge >= 0.3 is 0 Å². The summed E-state index contributed by atoms with van der Waals surface area (Å²) < 4.78 is 48.3. The molecule has 4 amide bonds. The number of fused-ring (bicyclic) bond motifs is 3. The van der Waals surface area contributed by atoms with Crippen LogP contribution in [0.1, 0.15) is 85.0 Å². The highest BCUT2D eigenvalue weighted by Gasteiger charge is 2.63. The monoisotopic (exact) mass is 766 g/mol. The fourth-order valence-electron chi connectivity index (χ4n) is 7.12. The Bertz CT molecular complexity index is 2120. The Labute approximate surface area is 311 Å². The largest absolute Gasteiger partial charge is 0.471 e. The molecule has 7 rings (SSSR count). The van der Waals surface area contributed by atoms with E-state index in [0.29, 0.717) is 48.2 Å². The predicted molar refractivity (Wildman–Crippen MR) is 195 cm³/mol. The molecule has 4 aliphatic rings. The normalized spacial score (nSPS) is 27.7. The van der Waals surface area contributed by atoms with Gasteiger partial charge in [-0.3, -0.25) is 23.9 Å². The van der Waals surface area contributed by atoms with E-state index in [-0.39, 0.29) is 30.8 Å². The zero-order chi connectivity index (χ0) is 37.7. The van der Waals surface area contributed by atoms with Gasteiger partial charge < -0.3 is 20.3 Å². The fourth-order valence-corrected chi connectivity index (χ4v) is 9.20. The van der Waals surface area contributed by atoms with Crippen LogP contribution in [-0.4, -0.2) is 81.9 Å². The van der Waals surface area contributed by atoms with Crippen LogP contribution < -0.4 is 20.1 Å². The summed E-state index contributed by atoms with van der Waals surface area (Å²) in [6.07, 6.45) is 7.20. The molecule has 2 aromatic heterocycles. The van der Waals surface area contributed by atoms with Crippen molar-refractivity contribution in [3.05, 3.63) is 63.7 Å². The average Bonchev–Trinajstić information content (AvgIpc) is 3.91. The minimum Gasteiger partial charge on any atom is -0.471 e. The highest BCUT2D eigenvalue weighted by Crippen LogP contribution is 2.47. The van der Waals surface area contributed by atoms with Gasteiger partial charge in [0.1, 0.15) is 34.9 Å². The van der Waals surface area contributed by atoms with Gasteiger partial charge in [0.15, 0.2) is 5.82 Å². The number of sulfonamides is 1. The lowest BCUT2D eigenvalue weighted by Crippen LogP contribution is -2.58. The maximum atomic E-state index is 14.7. The molecule has 282 valence electrons. The average molecular weight is 767 g/mol. The molecule has 3 N–H and O–H groups in total. The number of aromatic nitrogens is 2. The second-order valence-corrected chi connectivity index (χ2v) is 18.3. The van der Waals surface area contributed by atoms with Crippen LogP contribution in [0, 0.1) is 25.6 Å². The van der Waals surface area contributed by atoms with Gasteiger partial charge in [0.05, 0.1) is 21.7 Å². The number of aryl methyl sites for hydroxylation is 2. The number of hydrogen-bond acceptors (Lipinski definition) is 10. The van der Waals surface area contributed by atoms with Gasteiger partial charge in [-0.05, 0) is 83.6 Å². The summed E-state index contributed by atoms with van der Waals surface area (Å²) in [5, 5.41) is 5.76. The number of rotatable bonds is 7. The molecule has 16 heteroatoms. The van der Waals surface area contributed by atoms with Crippen LogP contribution in [0.5, 0.6) is 5.88 Å². The SMILES string of the molecule is Cc1ccc(C(=O)N[C@H]2CCCCC/C=C\[C@@H]3C[C@@]3(C(=O)NS(=O)(=O)C3(C)CC3)NC(=O)[C@@H]3C[C@@H](Oc4nc5c(F)cccc5nc4C)CN3C2=O)s1. The number of allylic oxidation sites excluding steroid dienone is 1. The Kier molecular flexibility index (Phi) is 9.81. The molecule has 5 atom stereocenters. The van der Waals surface area contributed by atoms with Crippen molar-refractivity contribution in [3.8, 4) is 5.88 Å². The van der Waals surface area contributed by atoms with Gasteiger partial charge in [0.25, 0.3) is 11.8 Å². The first kappa shape index (κ1) is 36.9. The molecule has 0 bridgehead atoms. The zero-order valence-corrected chi connectivity index (χ0v) is 31.4. The predicted octanol–water partition coefficient (Wildman–Crippen LogP) is 3.99. The number of thiophene rings is 1. The minimum atomic E-state index is -4.00. The molecule has 2 saturated carbocycles. The van der Waals surface area contributed by atoms with Crippen molar-refractivity contribution in [2.24, 2.45) is 5.92 Å². The first-order chi connectivity index (χ1) is 25.2. The van der Waals surface area contributed by atoms with E-state index in [2.05, 4.69) is 25.3 Å². The number of carbonyl (C=O) groups excluding carboxylic acids is 4. The number of para-hydroxylation sites is 1. The molecule has 0 radical (unpaired) electrons. The topological polar surface area (TPSA) is 177 Å². The van der Waals surface area contributed by atoms with E-state index in [0.717, 1.165) is 17.7 Å². The number of amides is 4. The Balaban J connectivity index is 1.20. The van der Waals surface area contributed by atoms with Crippen molar-refractivity contribution in [1.29, 1.82) is 0 Å². The molecule has 3 fully saturated rings. The molecule has 0 unspecified atom stereocenters. The van der Waals surface area contributed by atoms with E-state index in [1.165, 1.54) is 28.4 Å². The quantitative estimate of drug-likeness (QED) is 0.300. The zero-order valence-electron chi connectivity index (χ0n) is 29.8. The molecule has 13 nitrogen and oxygen atoms in total. The lowest BCUT2D eigenvalue weighted by Gasteiger charge is -2.30. The molecule has 1 saturated heterocycles. The maximum Gasteiger partial charge on any atom is 0.262 e. The fraction of sp³-hybridized carbons (Fsp3) is 0.514. The first-order valence-electron chi connectivity index (χ1n) is 18.0. The van der Waals surface area contributed by atoms with Crippen LogP contribution in [0.3, 0.4) is 0 Å². The number of hydrogen-bond donors (Lipinski definition) is 3. The highest BCUT2D eigenvalue weighted by atomic mass is 32.2. The van der Waals surface area contributed by atoms with Crippen LogP contribution in [0.2, 0.25) is 0 Å². The minimum absolute atomic E-state index is 0.0112. The molecule has 0 spiro atoms. The number of nitrogens with zero attached hydrogens (tertiary/aromatic N) is 3. The highest BCUT2D eigenvalue weighted by molar-refractivity contribution is 7.91. The van der Waals surface area contributed by atoms with Crippen molar-refractivity contribution >= 4 is 56.0 Å². The van der Waals surface area contributed by atoms with E-state index >= 15 is 0 Å². The molecular weight excluding hydrogens is 724 g/mol. The van der Waals surface area contributed by atoms with Crippen LogP contribution in [-0.2, 0) is 24.4 Å². The lowest BCUT2D eigenvalue weighted by atomic mass is 10.0. The molecule has 53 heavy (non-hydrogen) atoms. The standard InChI is InChI=1S/C37H43FN6O7S2/c1-21-14-15-29(52-21)32(46)40-27-12-8-6-4-5-7-10-23-19-37(23,35(48)43-53(49,50)36(3)16-17-36)42-31(45)28-18-24(20-44(28)34(27)47)51-33-22(2)39-26-13-9-11-25(38)30(26)41-33/h7,9-11,13-15,23-24,27-28H,4-6,8,12,16-20H2,1-3H3,(H,40,46)(H,42,45)(H,43,48)/b10-7-/t23-,24-,27+,28+,37-/m1/s1. The van der Waals surface area contributed by atoms with Crippen molar-refractivity contribution in [2.75, 3.05) is 6.54 Å². The van der Waals surface area contributed by atoms with E-state index in [1.54, 1.807) is 26.0 Å². The third kappa shape index (κ3) is 7.39. The number of benzene rings is 1. The first-order valence-corrected chi connectivity index (χ1v) is 20.3. The smallest absolute Gasteiger partial charge is 0.262 e. The van der Waals surface area contributed by atoms with E-state index in [1.807, 2.05) is 25.1 Å². The molecule has 3 aromatic rings. The Hall–Kier alpha value is -4.44. The van der Waals surface area contributed by atoms with Gasteiger partial charge in [0.2, 0.25) is 27.7 Å². The van der Waals surface area contributed by atoms with Gasteiger partial charge in [-0.15, -0.1) is 11.3 Å².